The third kappa shape index (κ3) is 4.79. The lowest BCUT2D eigenvalue weighted by Crippen LogP contribution is -2.50. The minimum absolute atomic E-state index is 0.0266. The average molecular weight is 331 g/mol. The smallest absolute Gasteiger partial charge is 0.251 e. The number of morpholine rings is 1. The molecule has 0 saturated carbocycles. The number of hydrogen-bond donors (Lipinski definition) is 2. The van der Waals surface area contributed by atoms with E-state index in [1.165, 1.54) is 18.4 Å². The van der Waals surface area contributed by atoms with Crippen molar-refractivity contribution in [3.05, 3.63) is 35.4 Å². The van der Waals surface area contributed by atoms with E-state index in [9.17, 15) is 4.79 Å². The molecular formula is C19H29N3O2. The minimum atomic E-state index is 0.0266. The van der Waals surface area contributed by atoms with Gasteiger partial charge in [0.05, 0.1) is 13.2 Å². The van der Waals surface area contributed by atoms with Crippen molar-refractivity contribution in [3.63, 3.8) is 0 Å². The highest BCUT2D eigenvalue weighted by Crippen LogP contribution is 2.13. The number of benzene rings is 1. The van der Waals surface area contributed by atoms with Gasteiger partial charge in [0.1, 0.15) is 0 Å². The number of nitrogens with one attached hydrogen (secondary N) is 2. The quantitative estimate of drug-likeness (QED) is 0.864. The Hall–Kier alpha value is -1.43. The van der Waals surface area contributed by atoms with Crippen molar-refractivity contribution in [1.82, 2.24) is 15.5 Å². The standard InChI is InChI=1S/C19H29N3O2/c1-15(18-7-2-3-8-20-18)21-19(23)17-6-4-5-16(13-17)14-22-9-11-24-12-10-22/h4-6,13,15,18,20H,2-3,7-12,14H2,1H3,(H,21,23)/t15-,18-/m0/s1. The van der Waals surface area contributed by atoms with Crippen LogP contribution >= 0.6 is 0 Å². The van der Waals surface area contributed by atoms with E-state index in [2.05, 4.69) is 28.5 Å². The maximum atomic E-state index is 12.6. The molecule has 2 saturated heterocycles. The van der Waals surface area contributed by atoms with Gasteiger partial charge in [0, 0.05) is 37.3 Å². The van der Waals surface area contributed by atoms with Crippen LogP contribution < -0.4 is 10.6 Å². The van der Waals surface area contributed by atoms with E-state index in [4.69, 9.17) is 4.74 Å². The van der Waals surface area contributed by atoms with Crippen molar-refractivity contribution in [2.45, 2.75) is 44.8 Å². The average Bonchev–Trinajstić information content (AvgIpc) is 2.63. The first kappa shape index (κ1) is 17.4. The molecular weight excluding hydrogens is 302 g/mol. The highest BCUT2D eigenvalue weighted by molar-refractivity contribution is 5.94. The first-order valence-electron chi connectivity index (χ1n) is 9.15. The molecule has 2 aliphatic heterocycles. The first-order valence-corrected chi connectivity index (χ1v) is 9.15. The largest absolute Gasteiger partial charge is 0.379 e. The van der Waals surface area contributed by atoms with E-state index in [0.29, 0.717) is 6.04 Å². The number of rotatable bonds is 5. The van der Waals surface area contributed by atoms with Crippen molar-refractivity contribution in [2.24, 2.45) is 0 Å². The van der Waals surface area contributed by atoms with E-state index in [1.807, 2.05) is 18.2 Å². The third-order valence-electron chi connectivity index (χ3n) is 5.01. The third-order valence-corrected chi connectivity index (χ3v) is 5.01. The lowest BCUT2D eigenvalue weighted by atomic mass is 9.98. The summed E-state index contributed by atoms with van der Waals surface area (Å²) in [6.45, 7) is 7.54. The molecule has 0 unspecified atom stereocenters. The van der Waals surface area contributed by atoms with Crippen LogP contribution in [-0.4, -0.2) is 55.7 Å². The number of piperidine rings is 1. The zero-order valence-corrected chi connectivity index (χ0v) is 14.6. The van der Waals surface area contributed by atoms with Crippen LogP contribution in [0, 0.1) is 0 Å². The van der Waals surface area contributed by atoms with E-state index >= 15 is 0 Å². The molecule has 2 aliphatic rings. The van der Waals surface area contributed by atoms with Gasteiger partial charge in [-0.3, -0.25) is 9.69 Å². The summed E-state index contributed by atoms with van der Waals surface area (Å²) in [5.74, 6) is 0.0266. The normalized spacial score (nSPS) is 23.6. The summed E-state index contributed by atoms with van der Waals surface area (Å²) in [4.78, 5) is 14.9. The van der Waals surface area contributed by atoms with Crippen molar-refractivity contribution in [1.29, 1.82) is 0 Å². The molecule has 2 N–H and O–H groups in total. The predicted octanol–water partition coefficient (Wildman–Crippen LogP) is 1.78. The molecule has 2 atom stereocenters. The van der Waals surface area contributed by atoms with Crippen LogP contribution in [0.3, 0.4) is 0 Å². The molecule has 0 spiro atoms. The molecule has 2 fully saturated rings. The van der Waals surface area contributed by atoms with Crippen LogP contribution in [-0.2, 0) is 11.3 Å². The van der Waals surface area contributed by atoms with Crippen molar-refractivity contribution < 1.29 is 9.53 Å². The molecule has 0 radical (unpaired) electrons. The van der Waals surface area contributed by atoms with Gasteiger partial charge >= 0.3 is 0 Å². The zero-order valence-electron chi connectivity index (χ0n) is 14.6. The summed E-state index contributed by atoms with van der Waals surface area (Å²) in [5.41, 5.74) is 1.94. The molecule has 3 rings (SSSR count). The fourth-order valence-corrected chi connectivity index (χ4v) is 3.52. The lowest BCUT2D eigenvalue weighted by molar-refractivity contribution is 0.0342. The molecule has 1 aromatic rings. The van der Waals surface area contributed by atoms with Gasteiger partial charge in [-0.25, -0.2) is 0 Å². The van der Waals surface area contributed by atoms with E-state index in [0.717, 1.165) is 51.4 Å². The Morgan fingerprint density at radius 2 is 2.21 bits per heavy atom. The number of carbonyl (C=O) groups is 1. The van der Waals surface area contributed by atoms with Gasteiger partial charge in [0.25, 0.3) is 5.91 Å². The monoisotopic (exact) mass is 331 g/mol. The molecule has 2 heterocycles. The molecule has 0 bridgehead atoms. The summed E-state index contributed by atoms with van der Waals surface area (Å²) in [6.07, 6.45) is 3.62. The maximum Gasteiger partial charge on any atom is 0.251 e. The Kier molecular flexibility index (Phi) is 6.24. The lowest BCUT2D eigenvalue weighted by Gasteiger charge is -2.29. The van der Waals surface area contributed by atoms with Gasteiger partial charge in [0.15, 0.2) is 0 Å². The number of carbonyl (C=O) groups excluding carboxylic acids is 1. The molecule has 1 amide bonds. The molecule has 132 valence electrons. The van der Waals surface area contributed by atoms with Gasteiger partial charge in [-0.15, -0.1) is 0 Å². The number of nitrogens with zero attached hydrogens (tertiary/aromatic N) is 1. The van der Waals surface area contributed by atoms with E-state index in [1.54, 1.807) is 0 Å². The van der Waals surface area contributed by atoms with Crippen LogP contribution in [0.4, 0.5) is 0 Å². The second-order valence-electron chi connectivity index (χ2n) is 6.91. The highest BCUT2D eigenvalue weighted by atomic mass is 16.5. The van der Waals surface area contributed by atoms with Crippen molar-refractivity contribution in [3.8, 4) is 0 Å². The molecule has 1 aromatic carbocycles. The Bertz CT molecular complexity index is 537. The topological polar surface area (TPSA) is 53.6 Å². The number of hydrogen-bond acceptors (Lipinski definition) is 4. The molecule has 5 heteroatoms. The van der Waals surface area contributed by atoms with Gasteiger partial charge in [0.2, 0.25) is 0 Å². The van der Waals surface area contributed by atoms with E-state index < -0.39 is 0 Å². The van der Waals surface area contributed by atoms with Gasteiger partial charge < -0.3 is 15.4 Å². The van der Waals surface area contributed by atoms with Gasteiger partial charge in [-0.2, -0.15) is 0 Å². The Balaban J connectivity index is 1.56. The number of ether oxygens (including phenoxy) is 1. The fourth-order valence-electron chi connectivity index (χ4n) is 3.52. The van der Waals surface area contributed by atoms with Crippen LogP contribution in [0.25, 0.3) is 0 Å². The SMILES string of the molecule is C[C@H](NC(=O)c1cccc(CN2CCOCC2)c1)[C@@H]1CCCCN1. The van der Waals surface area contributed by atoms with E-state index in [-0.39, 0.29) is 11.9 Å². The second-order valence-corrected chi connectivity index (χ2v) is 6.91. The summed E-state index contributed by atoms with van der Waals surface area (Å²) in [5, 5.41) is 6.67. The Labute approximate surface area is 144 Å². The zero-order chi connectivity index (χ0) is 16.8. The predicted molar refractivity (Wildman–Crippen MR) is 95.1 cm³/mol. The highest BCUT2D eigenvalue weighted by Gasteiger charge is 2.21. The minimum Gasteiger partial charge on any atom is -0.379 e. The van der Waals surface area contributed by atoms with Gasteiger partial charge in [-0.1, -0.05) is 18.6 Å². The maximum absolute atomic E-state index is 12.6. The summed E-state index contributed by atoms with van der Waals surface area (Å²) < 4.78 is 5.39. The van der Waals surface area contributed by atoms with Crippen molar-refractivity contribution >= 4 is 5.91 Å². The second kappa shape index (κ2) is 8.60. The molecule has 24 heavy (non-hydrogen) atoms. The summed E-state index contributed by atoms with van der Waals surface area (Å²) in [6, 6.07) is 8.54. The van der Waals surface area contributed by atoms with Crippen LogP contribution in [0.15, 0.2) is 24.3 Å². The van der Waals surface area contributed by atoms with Crippen molar-refractivity contribution in [2.75, 3.05) is 32.8 Å². The Morgan fingerprint density at radius 3 is 2.96 bits per heavy atom. The van der Waals surface area contributed by atoms with Crippen LogP contribution in [0.2, 0.25) is 0 Å². The first-order chi connectivity index (χ1) is 11.7. The molecule has 0 aliphatic carbocycles. The summed E-state index contributed by atoms with van der Waals surface area (Å²) >= 11 is 0. The fraction of sp³-hybridized carbons (Fsp3) is 0.632. The van der Waals surface area contributed by atoms with Gasteiger partial charge in [-0.05, 0) is 44.0 Å². The summed E-state index contributed by atoms with van der Waals surface area (Å²) in [7, 11) is 0. The van der Waals surface area contributed by atoms with Crippen LogP contribution in [0.1, 0.15) is 42.1 Å². The van der Waals surface area contributed by atoms with Crippen LogP contribution in [0.5, 0.6) is 0 Å². The number of amides is 1. The molecule has 0 aromatic heterocycles. The molecule has 5 nitrogen and oxygen atoms in total. The Morgan fingerprint density at radius 1 is 1.38 bits per heavy atom.